The van der Waals surface area contributed by atoms with Gasteiger partial charge in [-0.1, -0.05) is 36.4 Å². The summed E-state index contributed by atoms with van der Waals surface area (Å²) in [6, 6.07) is 19.0. The van der Waals surface area contributed by atoms with Gasteiger partial charge in [0.2, 0.25) is 10.0 Å². The normalized spacial score (nSPS) is 11.5. The van der Waals surface area contributed by atoms with Crippen LogP contribution in [-0.4, -0.2) is 33.0 Å². The molecule has 0 aliphatic rings. The second kappa shape index (κ2) is 8.41. The van der Waals surface area contributed by atoms with Crippen LogP contribution < -0.4 is 10.5 Å². The maximum Gasteiger partial charge on any atom is 0.239 e. The van der Waals surface area contributed by atoms with E-state index in [0.29, 0.717) is 23.8 Å². The molecule has 0 radical (unpaired) electrons. The van der Waals surface area contributed by atoms with E-state index in [1.807, 2.05) is 60.8 Å². The zero-order chi connectivity index (χ0) is 22.8. The number of benzene rings is 1. The molecule has 0 amide bonds. The molecule has 0 aliphatic heterocycles. The van der Waals surface area contributed by atoms with Crippen LogP contribution in [0.5, 0.6) is 0 Å². The molecule has 9 nitrogen and oxygen atoms in total. The van der Waals surface area contributed by atoms with Crippen molar-refractivity contribution in [1.29, 1.82) is 0 Å². The van der Waals surface area contributed by atoms with Crippen LogP contribution in [0.3, 0.4) is 0 Å². The van der Waals surface area contributed by atoms with E-state index in [1.165, 1.54) is 18.5 Å². The van der Waals surface area contributed by atoms with Gasteiger partial charge in [-0.05, 0) is 29.8 Å². The lowest BCUT2D eigenvalue weighted by Crippen LogP contribution is -2.13. The molecule has 0 aliphatic carbocycles. The third-order valence-electron chi connectivity index (χ3n) is 5.06. The molecule has 4 aromatic heterocycles. The number of nitrogens with zero attached hydrogens (tertiary/aromatic N) is 5. The second-order valence-electron chi connectivity index (χ2n) is 7.30. The van der Waals surface area contributed by atoms with Crippen LogP contribution in [0.1, 0.15) is 5.69 Å². The Kier molecular flexibility index (Phi) is 5.29. The van der Waals surface area contributed by atoms with Gasteiger partial charge in [0, 0.05) is 35.9 Å². The van der Waals surface area contributed by atoms with E-state index in [4.69, 9.17) is 10.1 Å². The molecule has 0 unspecified atom stereocenters. The Balaban J connectivity index is 1.65. The first-order chi connectivity index (χ1) is 16.0. The topological polar surface area (TPSA) is 128 Å². The maximum atomic E-state index is 11.8. The molecule has 3 N–H and O–H groups in total. The summed E-state index contributed by atoms with van der Waals surface area (Å²) in [7, 11) is -3.91. The molecule has 5 aromatic rings. The third kappa shape index (κ3) is 4.29. The Hall–Kier alpha value is -4.15. The van der Waals surface area contributed by atoms with E-state index in [2.05, 4.69) is 20.4 Å². The molecule has 164 valence electrons. The maximum absolute atomic E-state index is 11.8. The van der Waals surface area contributed by atoms with Gasteiger partial charge >= 0.3 is 0 Å². The monoisotopic (exact) mass is 457 g/mol. The zero-order valence-corrected chi connectivity index (χ0v) is 18.1. The summed E-state index contributed by atoms with van der Waals surface area (Å²) in [5.41, 5.74) is 4.05. The Bertz CT molecular complexity index is 1540. The van der Waals surface area contributed by atoms with Gasteiger partial charge in [0.05, 0.1) is 12.2 Å². The number of nitrogens with two attached hydrogens (primary N) is 1. The van der Waals surface area contributed by atoms with Crippen molar-refractivity contribution in [3.05, 3.63) is 91.1 Å². The zero-order valence-electron chi connectivity index (χ0n) is 17.3. The highest BCUT2D eigenvalue weighted by molar-refractivity contribution is 7.89. The minimum atomic E-state index is -3.91. The number of aromatic nitrogens is 5. The van der Waals surface area contributed by atoms with E-state index >= 15 is 0 Å². The highest BCUT2D eigenvalue weighted by Crippen LogP contribution is 2.31. The van der Waals surface area contributed by atoms with Crippen molar-refractivity contribution in [2.45, 2.75) is 11.4 Å². The number of sulfonamides is 1. The van der Waals surface area contributed by atoms with Crippen molar-refractivity contribution in [3.63, 3.8) is 0 Å². The van der Waals surface area contributed by atoms with Crippen molar-refractivity contribution >= 4 is 21.4 Å². The van der Waals surface area contributed by atoms with Crippen LogP contribution in [0, 0.1) is 0 Å². The van der Waals surface area contributed by atoms with Gasteiger partial charge < -0.3 is 5.32 Å². The first kappa shape index (κ1) is 20.7. The Morgan fingerprint density at radius 2 is 1.79 bits per heavy atom. The minimum absolute atomic E-state index is 0.107. The standard InChI is InChI=1S/C23H19N7O2S/c24-33(31,32)19-12-17(13-25-15-19)22-28-23(27-14-18-8-4-5-10-26-18)21-20(9-11-30(21)29-22)16-6-2-1-3-7-16/h1-13,15H,14H2,(H2,24,31,32)(H,27,28,29). The minimum Gasteiger partial charge on any atom is -0.363 e. The third-order valence-corrected chi connectivity index (χ3v) is 5.94. The molecule has 0 spiro atoms. The molecule has 0 atom stereocenters. The van der Waals surface area contributed by atoms with Crippen LogP contribution in [0.2, 0.25) is 0 Å². The molecule has 10 heteroatoms. The van der Waals surface area contributed by atoms with E-state index in [1.54, 1.807) is 10.7 Å². The molecule has 0 bridgehead atoms. The summed E-state index contributed by atoms with van der Waals surface area (Å²) in [5, 5.41) is 13.2. The van der Waals surface area contributed by atoms with Crippen LogP contribution in [0.25, 0.3) is 28.0 Å². The number of hydrogen-bond acceptors (Lipinski definition) is 7. The second-order valence-corrected chi connectivity index (χ2v) is 8.86. The molecular formula is C23H19N7O2S. The lowest BCUT2D eigenvalue weighted by Gasteiger charge is -2.12. The summed E-state index contributed by atoms with van der Waals surface area (Å²) < 4.78 is 25.3. The molecule has 0 fully saturated rings. The van der Waals surface area contributed by atoms with Gasteiger partial charge in [0.1, 0.15) is 10.4 Å². The number of hydrogen-bond donors (Lipinski definition) is 2. The fraction of sp³-hybridized carbons (Fsp3) is 0.0435. The van der Waals surface area contributed by atoms with Crippen LogP contribution in [0.15, 0.2) is 90.3 Å². The van der Waals surface area contributed by atoms with Gasteiger partial charge in [0.25, 0.3) is 0 Å². The molecule has 0 saturated carbocycles. The van der Waals surface area contributed by atoms with Crippen LogP contribution >= 0.6 is 0 Å². The largest absolute Gasteiger partial charge is 0.363 e. The van der Waals surface area contributed by atoms with Crippen molar-refractivity contribution in [2.75, 3.05) is 5.32 Å². The quantitative estimate of drug-likeness (QED) is 0.401. The summed E-state index contributed by atoms with van der Waals surface area (Å²) in [6.07, 6.45) is 6.27. The van der Waals surface area contributed by atoms with Gasteiger partial charge in [0.15, 0.2) is 11.6 Å². The summed E-state index contributed by atoms with van der Waals surface area (Å²) >= 11 is 0. The predicted molar refractivity (Wildman–Crippen MR) is 125 cm³/mol. The average Bonchev–Trinajstić information content (AvgIpc) is 3.28. The molecular weight excluding hydrogens is 438 g/mol. The number of nitrogens with one attached hydrogen (secondary N) is 1. The average molecular weight is 458 g/mol. The first-order valence-electron chi connectivity index (χ1n) is 10.1. The smallest absolute Gasteiger partial charge is 0.239 e. The summed E-state index contributed by atoms with van der Waals surface area (Å²) in [6.45, 7) is 0.446. The number of rotatable bonds is 6. The molecule has 4 heterocycles. The van der Waals surface area contributed by atoms with Crippen molar-refractivity contribution in [3.8, 4) is 22.5 Å². The van der Waals surface area contributed by atoms with Gasteiger partial charge in [-0.25, -0.2) is 23.1 Å². The number of fused-ring (bicyclic) bond motifs is 1. The molecule has 0 saturated heterocycles. The Morgan fingerprint density at radius 1 is 0.970 bits per heavy atom. The predicted octanol–water partition coefficient (Wildman–Crippen LogP) is 3.11. The van der Waals surface area contributed by atoms with Crippen molar-refractivity contribution in [1.82, 2.24) is 24.6 Å². The fourth-order valence-corrected chi connectivity index (χ4v) is 3.99. The highest BCUT2D eigenvalue weighted by atomic mass is 32.2. The molecule has 33 heavy (non-hydrogen) atoms. The number of anilines is 1. The molecule has 5 rings (SSSR count). The van der Waals surface area contributed by atoms with E-state index in [9.17, 15) is 8.42 Å². The number of pyridine rings is 2. The summed E-state index contributed by atoms with van der Waals surface area (Å²) in [5.74, 6) is 0.884. The Morgan fingerprint density at radius 3 is 2.55 bits per heavy atom. The lowest BCUT2D eigenvalue weighted by molar-refractivity contribution is 0.597. The lowest BCUT2D eigenvalue weighted by atomic mass is 10.1. The van der Waals surface area contributed by atoms with Crippen molar-refractivity contribution < 1.29 is 8.42 Å². The van der Waals surface area contributed by atoms with E-state index < -0.39 is 10.0 Å². The van der Waals surface area contributed by atoms with Gasteiger partial charge in [-0.15, -0.1) is 5.10 Å². The van der Waals surface area contributed by atoms with Crippen LogP contribution in [0.4, 0.5) is 5.82 Å². The molecule has 1 aromatic carbocycles. The van der Waals surface area contributed by atoms with Gasteiger partial charge in [-0.2, -0.15) is 0 Å². The highest BCUT2D eigenvalue weighted by Gasteiger charge is 2.17. The van der Waals surface area contributed by atoms with Crippen molar-refractivity contribution in [2.24, 2.45) is 5.14 Å². The fourth-order valence-electron chi connectivity index (χ4n) is 3.49. The first-order valence-corrected chi connectivity index (χ1v) is 11.6. The Labute approximate surface area is 190 Å². The van der Waals surface area contributed by atoms with Crippen LogP contribution in [-0.2, 0) is 16.6 Å². The van der Waals surface area contributed by atoms with Gasteiger partial charge in [-0.3, -0.25) is 9.97 Å². The van der Waals surface area contributed by atoms with E-state index in [-0.39, 0.29) is 4.90 Å². The SMILES string of the molecule is NS(=O)(=O)c1cncc(-c2nc(NCc3ccccn3)c3c(-c4ccccc4)ccn3n2)c1. The number of primary sulfonamides is 1. The van der Waals surface area contributed by atoms with E-state index in [0.717, 1.165) is 22.3 Å². The summed E-state index contributed by atoms with van der Waals surface area (Å²) in [4.78, 5) is 13.0.